The van der Waals surface area contributed by atoms with Crippen LogP contribution in [0.3, 0.4) is 0 Å². The molecule has 0 unspecified atom stereocenters. The molecule has 2 amide bonds. The molecule has 2 heterocycles. The number of allylic oxidation sites excluding steroid dienone is 1. The Hall–Kier alpha value is -4.24. The van der Waals surface area contributed by atoms with Gasteiger partial charge in [0.15, 0.2) is 0 Å². The summed E-state index contributed by atoms with van der Waals surface area (Å²) < 4.78 is 13.9. The Balaban J connectivity index is 1.62. The maximum absolute atomic E-state index is 13.9. The average molecular weight is 487 g/mol. The molecule has 0 radical (unpaired) electrons. The van der Waals surface area contributed by atoms with Gasteiger partial charge < -0.3 is 15.7 Å². The molecule has 0 aliphatic rings. The first kappa shape index (κ1) is 23.9. The van der Waals surface area contributed by atoms with Gasteiger partial charge in [0.2, 0.25) is 0 Å². The number of aryl methyl sites for hydroxylation is 1. The van der Waals surface area contributed by atoms with Crippen LogP contribution in [0.5, 0.6) is 0 Å². The number of benzene rings is 2. The number of aromatic amines is 1. The zero-order valence-electron chi connectivity index (χ0n) is 19.1. The number of H-pyrrole nitrogens is 1. The quantitative estimate of drug-likeness (QED) is 0.174. The SMILES string of the molecule is CSc1ccc(NC(=O)Nc2cc(-c3[nH]c(/C=C\C=N)nc3-c3ccc(F)c(C)c3)ccn2)cc1. The number of carbonyl (C=O) groups is 1. The number of imidazole rings is 1. The highest BCUT2D eigenvalue weighted by molar-refractivity contribution is 7.98. The van der Waals surface area contributed by atoms with Crippen molar-refractivity contribution >= 4 is 41.6 Å². The van der Waals surface area contributed by atoms with Crippen molar-refractivity contribution in [3.05, 3.63) is 84.1 Å². The van der Waals surface area contributed by atoms with Crippen LogP contribution in [0.15, 0.2) is 71.8 Å². The summed E-state index contributed by atoms with van der Waals surface area (Å²) in [6.07, 6.45) is 7.96. The number of amides is 2. The maximum atomic E-state index is 13.9. The second kappa shape index (κ2) is 10.8. The van der Waals surface area contributed by atoms with Gasteiger partial charge >= 0.3 is 6.03 Å². The summed E-state index contributed by atoms with van der Waals surface area (Å²) in [5, 5.41) is 12.8. The van der Waals surface area contributed by atoms with E-state index >= 15 is 0 Å². The third kappa shape index (κ3) is 5.82. The van der Waals surface area contributed by atoms with Gasteiger partial charge in [-0.2, -0.15) is 0 Å². The Bertz CT molecular complexity index is 1400. The lowest BCUT2D eigenvalue weighted by molar-refractivity contribution is 0.262. The predicted octanol–water partition coefficient (Wildman–Crippen LogP) is 6.61. The molecule has 0 fully saturated rings. The first-order chi connectivity index (χ1) is 17.0. The second-order valence-corrected chi connectivity index (χ2v) is 8.45. The molecule has 0 spiro atoms. The molecule has 0 atom stereocenters. The van der Waals surface area contributed by atoms with Gasteiger partial charge in [-0.25, -0.2) is 19.2 Å². The van der Waals surface area contributed by atoms with Crippen LogP contribution < -0.4 is 10.6 Å². The first-order valence-corrected chi connectivity index (χ1v) is 11.9. The molecule has 2 aromatic carbocycles. The fraction of sp³-hybridized carbons (Fsp3) is 0.0769. The molecule has 9 heteroatoms. The summed E-state index contributed by atoms with van der Waals surface area (Å²) in [5.74, 6) is 0.602. The highest BCUT2D eigenvalue weighted by Crippen LogP contribution is 2.32. The number of nitrogens with one attached hydrogen (secondary N) is 4. The number of urea groups is 1. The van der Waals surface area contributed by atoms with Crippen molar-refractivity contribution in [2.75, 3.05) is 16.9 Å². The van der Waals surface area contributed by atoms with E-state index in [1.807, 2.05) is 30.5 Å². The largest absolute Gasteiger partial charge is 0.338 e. The van der Waals surface area contributed by atoms with E-state index in [1.165, 1.54) is 6.07 Å². The van der Waals surface area contributed by atoms with E-state index in [1.54, 1.807) is 61.3 Å². The normalized spacial score (nSPS) is 10.9. The van der Waals surface area contributed by atoms with Crippen molar-refractivity contribution in [2.45, 2.75) is 11.8 Å². The maximum Gasteiger partial charge on any atom is 0.324 e. The third-order valence-electron chi connectivity index (χ3n) is 5.14. The number of hydrogen-bond donors (Lipinski definition) is 4. The standard InChI is InChI=1S/C26H23FN6OS/c1-16-14-17(5-10-21(16)27)24-25(32-22(31-24)4-3-12-28)18-11-13-29-23(15-18)33-26(34)30-19-6-8-20(35-2)9-7-19/h3-15,28H,1-2H3,(H,31,32)(H2,29,30,33,34)/b4-3-,28-12?. The van der Waals surface area contributed by atoms with Gasteiger partial charge in [-0.15, -0.1) is 11.8 Å². The molecular weight excluding hydrogens is 463 g/mol. The number of nitrogens with zero attached hydrogens (tertiary/aromatic N) is 2. The molecule has 4 N–H and O–H groups in total. The van der Waals surface area contributed by atoms with Crippen LogP contribution in [0.4, 0.5) is 20.7 Å². The van der Waals surface area contributed by atoms with Crippen molar-refractivity contribution < 1.29 is 9.18 Å². The second-order valence-electron chi connectivity index (χ2n) is 7.57. The number of thioether (sulfide) groups is 1. The van der Waals surface area contributed by atoms with Crippen LogP contribution in [-0.4, -0.2) is 33.5 Å². The summed E-state index contributed by atoms with van der Waals surface area (Å²) in [5.41, 5.74) is 3.95. The lowest BCUT2D eigenvalue weighted by atomic mass is 10.0. The van der Waals surface area contributed by atoms with Crippen molar-refractivity contribution in [1.29, 1.82) is 5.41 Å². The minimum absolute atomic E-state index is 0.292. The van der Waals surface area contributed by atoms with Crippen LogP contribution in [0.2, 0.25) is 0 Å². The predicted molar refractivity (Wildman–Crippen MR) is 141 cm³/mol. The van der Waals surface area contributed by atoms with Gasteiger partial charge in [0.1, 0.15) is 17.5 Å². The van der Waals surface area contributed by atoms with E-state index in [-0.39, 0.29) is 5.82 Å². The van der Waals surface area contributed by atoms with E-state index in [9.17, 15) is 9.18 Å². The Kier molecular flexibility index (Phi) is 7.37. The van der Waals surface area contributed by atoms with Crippen LogP contribution >= 0.6 is 11.8 Å². The fourth-order valence-electron chi connectivity index (χ4n) is 3.43. The van der Waals surface area contributed by atoms with Crippen molar-refractivity contribution in [1.82, 2.24) is 15.0 Å². The van der Waals surface area contributed by atoms with E-state index in [0.717, 1.165) is 22.2 Å². The molecular formula is C26H23FN6OS. The smallest absolute Gasteiger partial charge is 0.324 e. The highest BCUT2D eigenvalue weighted by atomic mass is 32.2. The number of rotatable bonds is 7. The number of pyridine rings is 1. The summed E-state index contributed by atoms with van der Waals surface area (Å²) in [7, 11) is 0. The van der Waals surface area contributed by atoms with Gasteiger partial charge in [-0.1, -0.05) is 0 Å². The van der Waals surface area contributed by atoms with Gasteiger partial charge in [0, 0.05) is 34.1 Å². The number of halogens is 1. The number of carbonyl (C=O) groups excluding carboxylic acids is 1. The summed E-state index contributed by atoms with van der Waals surface area (Å²) in [6, 6.07) is 15.4. The Morgan fingerprint density at radius 3 is 2.60 bits per heavy atom. The lowest BCUT2D eigenvalue weighted by Crippen LogP contribution is -2.20. The minimum Gasteiger partial charge on any atom is -0.338 e. The van der Waals surface area contributed by atoms with Crippen molar-refractivity contribution in [3.8, 4) is 22.5 Å². The number of aromatic nitrogens is 3. The van der Waals surface area contributed by atoms with E-state index in [4.69, 9.17) is 5.41 Å². The fourth-order valence-corrected chi connectivity index (χ4v) is 3.84. The van der Waals surface area contributed by atoms with Crippen LogP contribution in [0, 0.1) is 18.2 Å². The molecule has 7 nitrogen and oxygen atoms in total. The zero-order chi connectivity index (χ0) is 24.8. The molecule has 2 aromatic heterocycles. The molecule has 35 heavy (non-hydrogen) atoms. The van der Waals surface area contributed by atoms with E-state index in [2.05, 4.69) is 25.6 Å². The molecule has 0 aliphatic heterocycles. The summed E-state index contributed by atoms with van der Waals surface area (Å²) >= 11 is 1.63. The average Bonchev–Trinajstić information content (AvgIpc) is 3.29. The number of anilines is 2. The molecule has 4 rings (SSSR count). The molecule has 0 aliphatic carbocycles. The monoisotopic (exact) mass is 486 g/mol. The minimum atomic E-state index is -0.417. The van der Waals surface area contributed by atoms with Gasteiger partial charge in [0.05, 0.1) is 11.4 Å². The van der Waals surface area contributed by atoms with E-state index in [0.29, 0.717) is 34.3 Å². The molecule has 176 valence electrons. The topological polar surface area (TPSA) is 107 Å². The van der Waals surface area contributed by atoms with Crippen LogP contribution in [0.25, 0.3) is 28.6 Å². The molecule has 0 saturated carbocycles. The Morgan fingerprint density at radius 1 is 1.09 bits per heavy atom. The van der Waals surface area contributed by atoms with Gasteiger partial charge in [-0.05, 0) is 85.5 Å². The lowest BCUT2D eigenvalue weighted by Gasteiger charge is -2.09. The summed E-state index contributed by atoms with van der Waals surface area (Å²) in [6.45, 7) is 1.70. The number of hydrogen-bond acceptors (Lipinski definition) is 5. The Morgan fingerprint density at radius 2 is 1.89 bits per heavy atom. The van der Waals surface area contributed by atoms with Crippen molar-refractivity contribution in [2.24, 2.45) is 0 Å². The van der Waals surface area contributed by atoms with Crippen molar-refractivity contribution in [3.63, 3.8) is 0 Å². The van der Waals surface area contributed by atoms with Gasteiger partial charge in [0.25, 0.3) is 0 Å². The Labute approximate surface area is 206 Å². The van der Waals surface area contributed by atoms with Crippen LogP contribution in [-0.2, 0) is 0 Å². The highest BCUT2D eigenvalue weighted by Gasteiger charge is 2.15. The molecule has 0 saturated heterocycles. The zero-order valence-corrected chi connectivity index (χ0v) is 19.9. The molecule has 4 aromatic rings. The first-order valence-electron chi connectivity index (χ1n) is 10.7. The molecule has 0 bridgehead atoms. The van der Waals surface area contributed by atoms with E-state index < -0.39 is 6.03 Å². The van der Waals surface area contributed by atoms with Gasteiger partial charge in [-0.3, -0.25) is 5.32 Å². The third-order valence-corrected chi connectivity index (χ3v) is 5.89. The van der Waals surface area contributed by atoms with Crippen LogP contribution in [0.1, 0.15) is 11.4 Å². The summed E-state index contributed by atoms with van der Waals surface area (Å²) in [4.78, 5) is 25.7.